The highest BCUT2D eigenvalue weighted by atomic mass is 32.2. The molecule has 0 aliphatic rings. The van der Waals surface area contributed by atoms with Crippen LogP contribution < -0.4 is 14.8 Å². The summed E-state index contributed by atoms with van der Waals surface area (Å²) in [6.45, 7) is 3.57. The molecule has 0 saturated carbocycles. The Morgan fingerprint density at radius 3 is 2.29 bits per heavy atom. The maximum atomic E-state index is 13.1. The van der Waals surface area contributed by atoms with Gasteiger partial charge in [-0.25, -0.2) is 8.42 Å². The van der Waals surface area contributed by atoms with E-state index < -0.39 is 15.9 Å². The van der Waals surface area contributed by atoms with Gasteiger partial charge in [-0.1, -0.05) is 48.5 Å². The molecular formula is C27H24N2O4S. The van der Waals surface area contributed by atoms with Crippen LogP contribution in [-0.4, -0.2) is 14.3 Å². The van der Waals surface area contributed by atoms with Gasteiger partial charge in [0.1, 0.15) is 5.75 Å². The molecule has 4 aromatic rings. The van der Waals surface area contributed by atoms with E-state index in [2.05, 4.69) is 10.0 Å². The molecule has 0 atom stereocenters. The molecule has 2 N–H and O–H groups in total. The molecule has 1 amide bonds. The van der Waals surface area contributed by atoms with E-state index in [9.17, 15) is 13.2 Å². The number of hydrogen-bond donors (Lipinski definition) is 2. The molecular weight excluding hydrogens is 448 g/mol. The van der Waals surface area contributed by atoms with Crippen molar-refractivity contribution < 1.29 is 17.9 Å². The number of nitrogens with one attached hydrogen (secondary N) is 2. The van der Waals surface area contributed by atoms with E-state index in [-0.39, 0.29) is 10.5 Å². The van der Waals surface area contributed by atoms with Crippen molar-refractivity contribution in [3.05, 3.63) is 114 Å². The molecule has 0 aliphatic carbocycles. The van der Waals surface area contributed by atoms with Crippen molar-refractivity contribution in [3.63, 3.8) is 0 Å². The number of ether oxygens (including phenoxy) is 1. The molecule has 0 saturated heterocycles. The Morgan fingerprint density at radius 1 is 0.794 bits per heavy atom. The molecule has 0 radical (unpaired) electrons. The van der Waals surface area contributed by atoms with E-state index in [1.54, 1.807) is 61.5 Å². The van der Waals surface area contributed by atoms with E-state index in [0.717, 1.165) is 5.56 Å². The van der Waals surface area contributed by atoms with Gasteiger partial charge in [-0.3, -0.25) is 9.52 Å². The standard InChI is InChI=1S/C27H24N2O4S/c1-19-9-8-10-22(17-19)29-34(31,32)26-18-21(16-15-20(26)2)27(30)28-24-13-6-7-14-25(24)33-23-11-4-3-5-12-23/h3-18,29H,1-2H3,(H,28,30). The molecule has 0 aromatic heterocycles. The molecule has 0 aliphatic heterocycles. The lowest BCUT2D eigenvalue weighted by Gasteiger charge is -2.14. The first-order valence-electron chi connectivity index (χ1n) is 10.7. The fraction of sp³-hybridized carbons (Fsp3) is 0.0741. The zero-order valence-electron chi connectivity index (χ0n) is 18.8. The Hall–Kier alpha value is -4.10. The van der Waals surface area contributed by atoms with Crippen LogP contribution in [0.25, 0.3) is 0 Å². The highest BCUT2D eigenvalue weighted by Gasteiger charge is 2.20. The van der Waals surface area contributed by atoms with Crippen LogP contribution in [-0.2, 0) is 10.0 Å². The second-order valence-electron chi connectivity index (χ2n) is 7.82. The molecule has 4 aromatic carbocycles. The van der Waals surface area contributed by atoms with Crippen molar-refractivity contribution in [3.8, 4) is 11.5 Å². The zero-order valence-corrected chi connectivity index (χ0v) is 19.6. The lowest BCUT2D eigenvalue weighted by atomic mass is 10.1. The van der Waals surface area contributed by atoms with Crippen molar-refractivity contribution >= 4 is 27.3 Å². The number of para-hydroxylation sites is 3. The van der Waals surface area contributed by atoms with E-state index in [4.69, 9.17) is 4.74 Å². The summed E-state index contributed by atoms with van der Waals surface area (Å²) in [6.07, 6.45) is 0. The summed E-state index contributed by atoms with van der Waals surface area (Å²) in [6, 6.07) is 28.0. The molecule has 172 valence electrons. The third-order valence-electron chi connectivity index (χ3n) is 5.12. The Morgan fingerprint density at radius 2 is 1.53 bits per heavy atom. The Kier molecular flexibility index (Phi) is 6.65. The van der Waals surface area contributed by atoms with Crippen LogP contribution in [0.15, 0.2) is 102 Å². The van der Waals surface area contributed by atoms with Crippen LogP contribution in [0.1, 0.15) is 21.5 Å². The molecule has 0 bridgehead atoms. The second kappa shape index (κ2) is 9.80. The van der Waals surface area contributed by atoms with Gasteiger partial charge < -0.3 is 10.1 Å². The number of benzene rings is 4. The minimum absolute atomic E-state index is 0.0375. The van der Waals surface area contributed by atoms with Gasteiger partial charge in [0.2, 0.25) is 0 Å². The number of carbonyl (C=O) groups is 1. The van der Waals surface area contributed by atoms with Crippen LogP contribution in [0, 0.1) is 13.8 Å². The van der Waals surface area contributed by atoms with Gasteiger partial charge in [-0.15, -0.1) is 0 Å². The summed E-state index contributed by atoms with van der Waals surface area (Å²) < 4.78 is 34.6. The highest BCUT2D eigenvalue weighted by molar-refractivity contribution is 7.92. The van der Waals surface area contributed by atoms with Crippen LogP contribution in [0.5, 0.6) is 11.5 Å². The molecule has 4 rings (SSSR count). The van der Waals surface area contributed by atoms with Crippen molar-refractivity contribution in [2.45, 2.75) is 18.7 Å². The predicted octanol–water partition coefficient (Wildman–Crippen LogP) is 6.15. The lowest BCUT2D eigenvalue weighted by molar-refractivity contribution is 0.102. The van der Waals surface area contributed by atoms with Crippen molar-refractivity contribution in [1.82, 2.24) is 0 Å². The largest absolute Gasteiger partial charge is 0.455 e. The monoisotopic (exact) mass is 472 g/mol. The summed E-state index contributed by atoms with van der Waals surface area (Å²) in [5, 5.41) is 2.82. The summed E-state index contributed by atoms with van der Waals surface area (Å²) in [5.41, 5.74) is 2.61. The first-order chi connectivity index (χ1) is 16.3. The van der Waals surface area contributed by atoms with Crippen LogP contribution in [0.2, 0.25) is 0 Å². The average Bonchev–Trinajstić information content (AvgIpc) is 2.81. The number of amides is 1. The maximum absolute atomic E-state index is 13.1. The smallest absolute Gasteiger partial charge is 0.262 e. The van der Waals surface area contributed by atoms with Gasteiger partial charge in [0, 0.05) is 11.3 Å². The van der Waals surface area contributed by atoms with Crippen molar-refractivity contribution in [2.75, 3.05) is 10.0 Å². The van der Waals surface area contributed by atoms with Crippen LogP contribution >= 0.6 is 0 Å². The average molecular weight is 473 g/mol. The highest BCUT2D eigenvalue weighted by Crippen LogP contribution is 2.30. The van der Waals surface area contributed by atoms with Crippen LogP contribution in [0.4, 0.5) is 11.4 Å². The summed E-state index contributed by atoms with van der Waals surface area (Å²) in [4.78, 5) is 13.1. The van der Waals surface area contributed by atoms with Gasteiger partial charge >= 0.3 is 0 Å². The minimum atomic E-state index is -3.89. The number of aryl methyl sites for hydroxylation is 2. The van der Waals surface area contributed by atoms with Crippen LogP contribution in [0.3, 0.4) is 0 Å². The molecule has 0 heterocycles. The van der Waals surface area contributed by atoms with E-state index in [1.807, 2.05) is 43.3 Å². The second-order valence-corrected chi connectivity index (χ2v) is 9.47. The van der Waals surface area contributed by atoms with Crippen molar-refractivity contribution in [2.24, 2.45) is 0 Å². The topological polar surface area (TPSA) is 84.5 Å². The molecule has 6 nitrogen and oxygen atoms in total. The first-order valence-corrected chi connectivity index (χ1v) is 12.1. The van der Waals surface area contributed by atoms with Gasteiger partial charge in [0.15, 0.2) is 5.75 Å². The predicted molar refractivity (Wildman–Crippen MR) is 134 cm³/mol. The van der Waals surface area contributed by atoms with Gasteiger partial charge in [0.25, 0.3) is 15.9 Å². The van der Waals surface area contributed by atoms with Gasteiger partial charge in [-0.2, -0.15) is 0 Å². The maximum Gasteiger partial charge on any atom is 0.262 e. The number of anilines is 2. The van der Waals surface area contributed by atoms with Gasteiger partial charge in [-0.05, 0) is 73.5 Å². The SMILES string of the molecule is Cc1cccc(NS(=O)(=O)c2cc(C(=O)Nc3ccccc3Oc3ccccc3)ccc2C)c1. The van der Waals surface area contributed by atoms with E-state index in [0.29, 0.717) is 28.4 Å². The fourth-order valence-electron chi connectivity index (χ4n) is 3.42. The zero-order chi connectivity index (χ0) is 24.1. The third-order valence-corrected chi connectivity index (χ3v) is 6.64. The molecule has 0 spiro atoms. The molecule has 0 unspecified atom stereocenters. The van der Waals surface area contributed by atoms with Crippen molar-refractivity contribution in [1.29, 1.82) is 0 Å². The summed E-state index contributed by atoms with van der Waals surface area (Å²) in [7, 11) is -3.89. The molecule has 34 heavy (non-hydrogen) atoms. The quantitative estimate of drug-likeness (QED) is 0.338. The minimum Gasteiger partial charge on any atom is -0.455 e. The molecule has 0 fully saturated rings. The van der Waals surface area contributed by atoms with E-state index in [1.165, 1.54) is 6.07 Å². The van der Waals surface area contributed by atoms with Gasteiger partial charge in [0.05, 0.1) is 10.6 Å². The summed E-state index contributed by atoms with van der Waals surface area (Å²) in [5.74, 6) is 0.661. The number of hydrogen-bond acceptors (Lipinski definition) is 4. The number of carbonyl (C=O) groups excluding carboxylic acids is 1. The number of rotatable bonds is 7. The molecule has 7 heteroatoms. The number of sulfonamides is 1. The van der Waals surface area contributed by atoms with E-state index >= 15 is 0 Å². The Balaban J connectivity index is 1.58. The summed E-state index contributed by atoms with van der Waals surface area (Å²) >= 11 is 0. The third kappa shape index (κ3) is 5.44. The Labute approximate surface area is 199 Å². The normalized spacial score (nSPS) is 11.0. The fourth-order valence-corrected chi connectivity index (χ4v) is 4.74. The Bertz CT molecular complexity index is 1430. The lowest BCUT2D eigenvalue weighted by Crippen LogP contribution is -2.17. The first kappa shape index (κ1) is 23.1.